The number of hydrogen-bond donors (Lipinski definition) is 1. The lowest BCUT2D eigenvalue weighted by Gasteiger charge is -2.02. The second-order valence-electron chi connectivity index (χ2n) is 3.01. The molecule has 0 bridgehead atoms. The van der Waals surface area contributed by atoms with Crippen molar-refractivity contribution in [3.8, 4) is 0 Å². The van der Waals surface area contributed by atoms with Crippen LogP contribution in [0.2, 0.25) is 0 Å². The molecule has 0 saturated heterocycles. The highest BCUT2D eigenvalue weighted by atomic mass is 79.9. The van der Waals surface area contributed by atoms with E-state index in [-0.39, 0.29) is 12.3 Å². The molecule has 0 aliphatic carbocycles. The van der Waals surface area contributed by atoms with Crippen LogP contribution in [0.5, 0.6) is 0 Å². The van der Waals surface area contributed by atoms with Crippen LogP contribution in [0.25, 0.3) is 0 Å². The summed E-state index contributed by atoms with van der Waals surface area (Å²) in [6, 6.07) is 1.84. The number of aromatic nitrogens is 2. The summed E-state index contributed by atoms with van der Waals surface area (Å²) in [6.45, 7) is 1.85. The molecule has 1 aromatic heterocycles. The third-order valence-electron chi connectivity index (χ3n) is 1.83. The first kappa shape index (κ1) is 10.2. The molecular formula is C8H11BrN2O2. The number of carboxylic acid groups (broad SMARTS) is 1. The van der Waals surface area contributed by atoms with Crippen molar-refractivity contribution in [3.63, 3.8) is 0 Å². The highest BCUT2D eigenvalue weighted by Gasteiger charge is 2.13. The second-order valence-corrected chi connectivity index (χ2v) is 3.83. The van der Waals surface area contributed by atoms with Crippen LogP contribution in [0.1, 0.15) is 25.0 Å². The van der Waals surface area contributed by atoms with E-state index in [2.05, 4.69) is 21.0 Å². The lowest BCUT2D eigenvalue weighted by atomic mass is 10.1. The molecule has 1 aromatic rings. The van der Waals surface area contributed by atoms with Crippen LogP contribution in [0.4, 0.5) is 0 Å². The standard InChI is InChI=1S/C8H11BrN2O2/c1-5(3-8(12)13)6-4-7(9)11(2)10-6/h4-5H,3H2,1-2H3,(H,12,13). The Bertz CT molecular complexity index is 302. The topological polar surface area (TPSA) is 55.1 Å². The van der Waals surface area contributed by atoms with Gasteiger partial charge in [-0.25, -0.2) is 0 Å². The fraction of sp³-hybridized carbons (Fsp3) is 0.500. The Kier molecular flexibility index (Phi) is 3.08. The monoisotopic (exact) mass is 246 g/mol. The van der Waals surface area contributed by atoms with E-state index in [0.29, 0.717) is 0 Å². The van der Waals surface area contributed by atoms with Gasteiger partial charge in [0.2, 0.25) is 0 Å². The van der Waals surface area contributed by atoms with Crippen LogP contribution in [0.3, 0.4) is 0 Å². The Morgan fingerprint density at radius 1 is 1.85 bits per heavy atom. The number of carboxylic acids is 1. The van der Waals surface area contributed by atoms with Gasteiger partial charge in [0, 0.05) is 13.0 Å². The molecule has 0 aliphatic heterocycles. The van der Waals surface area contributed by atoms with E-state index < -0.39 is 5.97 Å². The van der Waals surface area contributed by atoms with Crippen molar-refractivity contribution in [1.29, 1.82) is 0 Å². The quantitative estimate of drug-likeness (QED) is 0.885. The molecule has 1 unspecified atom stereocenters. The zero-order valence-corrected chi connectivity index (χ0v) is 9.08. The fourth-order valence-corrected chi connectivity index (χ4v) is 1.39. The number of aliphatic carboxylic acids is 1. The molecule has 0 aliphatic rings. The Morgan fingerprint density at radius 2 is 2.46 bits per heavy atom. The van der Waals surface area contributed by atoms with E-state index in [9.17, 15) is 4.79 Å². The molecule has 13 heavy (non-hydrogen) atoms. The molecule has 0 aromatic carbocycles. The average molecular weight is 247 g/mol. The molecule has 5 heteroatoms. The van der Waals surface area contributed by atoms with E-state index in [1.165, 1.54) is 0 Å². The Hall–Kier alpha value is -0.840. The molecule has 0 amide bonds. The number of hydrogen-bond acceptors (Lipinski definition) is 2. The first-order valence-corrected chi connectivity index (χ1v) is 4.71. The normalized spacial score (nSPS) is 12.8. The summed E-state index contributed by atoms with van der Waals surface area (Å²) in [5, 5.41) is 12.7. The molecule has 0 fully saturated rings. The smallest absolute Gasteiger partial charge is 0.304 e. The van der Waals surface area contributed by atoms with E-state index in [4.69, 9.17) is 5.11 Å². The third-order valence-corrected chi connectivity index (χ3v) is 2.57. The first-order valence-electron chi connectivity index (χ1n) is 3.92. The maximum Gasteiger partial charge on any atom is 0.304 e. The summed E-state index contributed by atoms with van der Waals surface area (Å²) in [5.74, 6) is -0.843. The molecular weight excluding hydrogens is 236 g/mol. The van der Waals surface area contributed by atoms with Crippen LogP contribution in [0, 0.1) is 0 Å². The fourth-order valence-electron chi connectivity index (χ4n) is 1.07. The number of nitrogens with zero attached hydrogens (tertiary/aromatic N) is 2. The van der Waals surface area contributed by atoms with Gasteiger partial charge < -0.3 is 5.11 Å². The summed E-state index contributed by atoms with van der Waals surface area (Å²) in [7, 11) is 1.81. The number of aryl methyl sites for hydroxylation is 1. The first-order chi connectivity index (χ1) is 6.00. The Balaban J connectivity index is 2.77. The van der Waals surface area contributed by atoms with Crippen molar-refractivity contribution in [2.24, 2.45) is 7.05 Å². The molecule has 0 spiro atoms. The van der Waals surface area contributed by atoms with Gasteiger partial charge in [0.1, 0.15) is 4.60 Å². The number of halogens is 1. The van der Waals surface area contributed by atoms with Gasteiger partial charge in [0.15, 0.2) is 0 Å². The summed E-state index contributed by atoms with van der Waals surface area (Å²) in [5.41, 5.74) is 0.803. The number of carbonyl (C=O) groups is 1. The van der Waals surface area contributed by atoms with Crippen molar-refractivity contribution in [1.82, 2.24) is 9.78 Å². The summed E-state index contributed by atoms with van der Waals surface area (Å²) in [4.78, 5) is 10.4. The van der Waals surface area contributed by atoms with E-state index in [0.717, 1.165) is 10.3 Å². The van der Waals surface area contributed by atoms with Crippen LogP contribution >= 0.6 is 15.9 Å². The predicted octanol–water partition coefficient (Wildman–Crippen LogP) is 1.76. The van der Waals surface area contributed by atoms with Crippen molar-refractivity contribution in [3.05, 3.63) is 16.4 Å². The minimum absolute atomic E-state index is 0.0463. The van der Waals surface area contributed by atoms with Crippen molar-refractivity contribution in [2.45, 2.75) is 19.3 Å². The summed E-state index contributed by atoms with van der Waals surface area (Å²) < 4.78 is 2.54. The van der Waals surface area contributed by atoms with E-state index in [1.807, 2.05) is 13.0 Å². The van der Waals surface area contributed by atoms with Gasteiger partial charge in [-0.05, 0) is 22.0 Å². The highest BCUT2D eigenvalue weighted by molar-refractivity contribution is 9.10. The Morgan fingerprint density at radius 3 is 2.85 bits per heavy atom. The van der Waals surface area contributed by atoms with E-state index >= 15 is 0 Å². The van der Waals surface area contributed by atoms with Crippen LogP contribution < -0.4 is 0 Å². The zero-order chi connectivity index (χ0) is 10.0. The molecule has 0 saturated carbocycles. The predicted molar refractivity (Wildman–Crippen MR) is 51.6 cm³/mol. The van der Waals surface area contributed by atoms with Gasteiger partial charge in [0.05, 0.1) is 12.1 Å². The molecule has 1 heterocycles. The zero-order valence-electron chi connectivity index (χ0n) is 7.49. The van der Waals surface area contributed by atoms with Crippen molar-refractivity contribution >= 4 is 21.9 Å². The summed E-state index contributed by atoms with van der Waals surface area (Å²) >= 11 is 3.30. The molecule has 4 nitrogen and oxygen atoms in total. The second kappa shape index (κ2) is 3.91. The van der Waals surface area contributed by atoms with Crippen LogP contribution in [-0.2, 0) is 11.8 Å². The molecule has 0 radical (unpaired) electrons. The third kappa shape index (κ3) is 2.55. The summed E-state index contributed by atoms with van der Waals surface area (Å²) in [6.07, 6.45) is 0.115. The van der Waals surface area contributed by atoms with Gasteiger partial charge in [-0.2, -0.15) is 5.10 Å². The van der Waals surface area contributed by atoms with Crippen molar-refractivity contribution < 1.29 is 9.90 Å². The van der Waals surface area contributed by atoms with Gasteiger partial charge in [-0.15, -0.1) is 0 Å². The number of rotatable bonds is 3. The maximum absolute atomic E-state index is 10.4. The van der Waals surface area contributed by atoms with Crippen molar-refractivity contribution in [2.75, 3.05) is 0 Å². The molecule has 1 N–H and O–H groups in total. The minimum atomic E-state index is -0.797. The highest BCUT2D eigenvalue weighted by Crippen LogP contribution is 2.20. The Labute approximate surface area is 84.7 Å². The van der Waals surface area contributed by atoms with E-state index in [1.54, 1.807) is 11.7 Å². The van der Waals surface area contributed by atoms with Crippen LogP contribution in [-0.4, -0.2) is 20.9 Å². The lowest BCUT2D eigenvalue weighted by molar-refractivity contribution is -0.137. The van der Waals surface area contributed by atoms with Gasteiger partial charge in [-0.3, -0.25) is 9.48 Å². The SMILES string of the molecule is CC(CC(=O)O)c1cc(Br)n(C)n1. The molecule has 1 rings (SSSR count). The maximum atomic E-state index is 10.4. The largest absolute Gasteiger partial charge is 0.481 e. The van der Waals surface area contributed by atoms with Gasteiger partial charge >= 0.3 is 5.97 Å². The average Bonchev–Trinajstić information content (AvgIpc) is 2.31. The minimum Gasteiger partial charge on any atom is -0.481 e. The molecule has 1 atom stereocenters. The molecule has 72 valence electrons. The van der Waals surface area contributed by atoms with Gasteiger partial charge in [0.25, 0.3) is 0 Å². The van der Waals surface area contributed by atoms with Gasteiger partial charge in [-0.1, -0.05) is 6.92 Å². The van der Waals surface area contributed by atoms with Crippen LogP contribution in [0.15, 0.2) is 10.7 Å². The lowest BCUT2D eigenvalue weighted by Crippen LogP contribution is -2.04.